The van der Waals surface area contributed by atoms with E-state index in [9.17, 15) is 10.1 Å². The average Bonchev–Trinajstić information content (AvgIpc) is 2.94. The van der Waals surface area contributed by atoms with Crippen LogP contribution in [-0.2, 0) is 4.79 Å². The van der Waals surface area contributed by atoms with Gasteiger partial charge in [-0.15, -0.1) is 0 Å². The number of nitriles is 1. The lowest BCUT2D eigenvalue weighted by molar-refractivity contribution is -0.119. The molecule has 0 saturated carbocycles. The molecule has 0 aliphatic rings. The van der Waals surface area contributed by atoms with E-state index in [1.54, 1.807) is 19.1 Å². The maximum atomic E-state index is 12.2. The van der Waals surface area contributed by atoms with Gasteiger partial charge in [0.05, 0.1) is 27.0 Å². The number of hydrogen-bond acceptors (Lipinski definition) is 3. The number of carbonyl (C=O) groups excluding carboxylic acids is 1. The molecule has 8 heteroatoms. The van der Waals surface area contributed by atoms with Gasteiger partial charge in [-0.2, -0.15) is 10.4 Å². The Morgan fingerprint density at radius 3 is 2.70 bits per heavy atom. The van der Waals surface area contributed by atoms with E-state index in [4.69, 9.17) is 34.8 Å². The van der Waals surface area contributed by atoms with Crippen LogP contribution in [0.3, 0.4) is 0 Å². The zero-order chi connectivity index (χ0) is 17.1. The molecule has 5 nitrogen and oxygen atoms in total. The molecule has 1 aromatic carbocycles. The fourth-order valence-corrected chi connectivity index (χ4v) is 2.45. The van der Waals surface area contributed by atoms with Crippen molar-refractivity contribution in [2.24, 2.45) is 5.92 Å². The van der Waals surface area contributed by atoms with Gasteiger partial charge in [-0.05, 0) is 18.6 Å². The summed E-state index contributed by atoms with van der Waals surface area (Å²) in [5.41, 5.74) is 0.644. The van der Waals surface area contributed by atoms with Gasteiger partial charge >= 0.3 is 0 Å². The Bertz CT molecular complexity index is 795. The van der Waals surface area contributed by atoms with Crippen LogP contribution in [0.1, 0.15) is 25.8 Å². The van der Waals surface area contributed by atoms with Crippen LogP contribution < -0.4 is 5.32 Å². The molecule has 1 unspecified atom stereocenters. The second kappa shape index (κ2) is 7.22. The van der Waals surface area contributed by atoms with Gasteiger partial charge in [-0.3, -0.25) is 4.79 Å². The van der Waals surface area contributed by atoms with Crippen molar-refractivity contribution in [3.05, 3.63) is 39.0 Å². The molecule has 0 radical (unpaired) electrons. The predicted octanol–water partition coefficient (Wildman–Crippen LogP) is 4.69. The highest BCUT2D eigenvalue weighted by atomic mass is 35.5. The fraction of sp³-hybridized carbons (Fsp3) is 0.267. The van der Waals surface area contributed by atoms with Crippen molar-refractivity contribution >= 4 is 46.5 Å². The molecule has 1 N–H and O–H groups in total. The highest BCUT2D eigenvalue weighted by molar-refractivity contribution is 6.48. The zero-order valence-corrected chi connectivity index (χ0v) is 14.7. The smallest absolute Gasteiger partial charge is 0.228 e. The quantitative estimate of drug-likeness (QED) is 0.793. The van der Waals surface area contributed by atoms with Crippen molar-refractivity contribution in [1.29, 1.82) is 5.26 Å². The number of aromatic nitrogens is 2. The van der Waals surface area contributed by atoms with E-state index in [1.807, 2.05) is 13.0 Å². The van der Waals surface area contributed by atoms with Gasteiger partial charge in [-0.25, -0.2) is 4.68 Å². The lowest BCUT2D eigenvalue weighted by Gasteiger charge is -2.14. The molecular weight excluding hydrogens is 359 g/mol. The first kappa shape index (κ1) is 17.6. The third kappa shape index (κ3) is 3.45. The van der Waals surface area contributed by atoms with E-state index >= 15 is 0 Å². The number of anilines is 1. The summed E-state index contributed by atoms with van der Waals surface area (Å²) in [5.74, 6) is -0.158. The van der Waals surface area contributed by atoms with Crippen molar-refractivity contribution < 1.29 is 4.79 Å². The second-order valence-electron chi connectivity index (χ2n) is 4.92. The van der Waals surface area contributed by atoms with Crippen molar-refractivity contribution in [2.45, 2.75) is 20.3 Å². The summed E-state index contributed by atoms with van der Waals surface area (Å²) >= 11 is 18.2. The van der Waals surface area contributed by atoms with Gasteiger partial charge in [0.1, 0.15) is 11.6 Å². The number of nitrogens with zero attached hydrogens (tertiary/aromatic N) is 3. The third-order valence-electron chi connectivity index (χ3n) is 3.43. The summed E-state index contributed by atoms with van der Waals surface area (Å²) < 4.78 is 1.36. The molecule has 23 heavy (non-hydrogen) atoms. The van der Waals surface area contributed by atoms with Crippen LogP contribution >= 0.6 is 34.8 Å². The summed E-state index contributed by atoms with van der Waals surface area (Å²) in [7, 11) is 0. The highest BCUT2D eigenvalue weighted by Crippen LogP contribution is 2.36. The molecule has 1 aromatic heterocycles. The maximum Gasteiger partial charge on any atom is 0.228 e. The van der Waals surface area contributed by atoms with Crippen LogP contribution in [0.25, 0.3) is 5.69 Å². The molecule has 120 valence electrons. The van der Waals surface area contributed by atoms with Crippen LogP contribution in [0.2, 0.25) is 15.1 Å². The lowest BCUT2D eigenvalue weighted by Crippen LogP contribution is -2.22. The molecule has 0 spiro atoms. The minimum absolute atomic E-state index is 0.180. The van der Waals surface area contributed by atoms with Crippen molar-refractivity contribution in [3.63, 3.8) is 0 Å². The summed E-state index contributed by atoms with van der Waals surface area (Å²) in [5, 5.41) is 16.7. The van der Waals surface area contributed by atoms with E-state index in [0.717, 1.165) is 0 Å². The summed E-state index contributed by atoms with van der Waals surface area (Å²) in [6, 6.07) is 5.18. The standard InChI is InChI=1S/C15H13Cl3N4O/c1-3-8(2)15(23)21-14-9(6-19)7-20-22(14)11-5-4-10(16)12(17)13(11)18/h4-5,7-8H,3H2,1-2H3,(H,21,23). The van der Waals surface area contributed by atoms with Crippen molar-refractivity contribution in [2.75, 3.05) is 5.32 Å². The molecule has 1 atom stereocenters. The van der Waals surface area contributed by atoms with Crippen LogP contribution in [0, 0.1) is 17.2 Å². The molecule has 1 heterocycles. The van der Waals surface area contributed by atoms with Crippen molar-refractivity contribution in [3.8, 4) is 11.8 Å². The minimum Gasteiger partial charge on any atom is -0.309 e. The first-order chi connectivity index (χ1) is 10.9. The Balaban J connectivity index is 2.53. The van der Waals surface area contributed by atoms with E-state index in [1.165, 1.54) is 10.9 Å². The molecule has 2 aromatic rings. The monoisotopic (exact) mass is 370 g/mol. The Morgan fingerprint density at radius 1 is 1.39 bits per heavy atom. The predicted molar refractivity (Wildman–Crippen MR) is 91.4 cm³/mol. The number of amides is 1. The van der Waals surface area contributed by atoms with Crippen molar-refractivity contribution in [1.82, 2.24) is 9.78 Å². The summed E-state index contributed by atoms with van der Waals surface area (Å²) in [4.78, 5) is 12.2. The first-order valence-electron chi connectivity index (χ1n) is 6.83. The van der Waals surface area contributed by atoms with Gasteiger partial charge < -0.3 is 5.32 Å². The first-order valence-corrected chi connectivity index (χ1v) is 7.96. The Labute approximate surface area is 148 Å². The molecular formula is C15H13Cl3N4O. The number of nitrogens with one attached hydrogen (secondary N) is 1. The topological polar surface area (TPSA) is 70.7 Å². The van der Waals surface area contributed by atoms with Gasteiger partial charge in [0, 0.05) is 5.92 Å². The van der Waals surface area contributed by atoms with Gasteiger partial charge in [0.25, 0.3) is 0 Å². The van der Waals surface area contributed by atoms with E-state index in [0.29, 0.717) is 17.1 Å². The van der Waals surface area contributed by atoms with E-state index in [-0.39, 0.29) is 33.3 Å². The second-order valence-corrected chi connectivity index (χ2v) is 6.09. The number of hydrogen-bond donors (Lipinski definition) is 1. The number of halogens is 3. The van der Waals surface area contributed by atoms with Gasteiger partial charge in [-0.1, -0.05) is 48.7 Å². The fourth-order valence-electron chi connectivity index (χ4n) is 1.84. The summed E-state index contributed by atoms with van der Waals surface area (Å²) in [6.45, 7) is 3.71. The van der Waals surface area contributed by atoms with E-state index < -0.39 is 0 Å². The number of benzene rings is 1. The summed E-state index contributed by atoms with van der Waals surface area (Å²) in [6.07, 6.45) is 2.03. The SMILES string of the molecule is CCC(C)C(=O)Nc1c(C#N)cnn1-c1ccc(Cl)c(Cl)c1Cl. The Kier molecular flexibility index (Phi) is 5.53. The number of rotatable bonds is 4. The Morgan fingerprint density at radius 2 is 2.09 bits per heavy atom. The van der Waals surface area contributed by atoms with Crippen LogP contribution in [0.4, 0.5) is 5.82 Å². The van der Waals surface area contributed by atoms with Gasteiger partial charge in [0.15, 0.2) is 5.82 Å². The third-order valence-corrected chi connectivity index (χ3v) is 4.72. The molecule has 0 bridgehead atoms. The molecule has 0 aliphatic carbocycles. The van der Waals surface area contributed by atoms with Crippen LogP contribution in [-0.4, -0.2) is 15.7 Å². The molecule has 0 saturated heterocycles. The minimum atomic E-state index is -0.207. The molecule has 0 fully saturated rings. The zero-order valence-electron chi connectivity index (χ0n) is 12.4. The van der Waals surface area contributed by atoms with Crippen LogP contribution in [0.15, 0.2) is 18.3 Å². The molecule has 0 aliphatic heterocycles. The molecule has 2 rings (SSSR count). The maximum absolute atomic E-state index is 12.2. The molecule has 1 amide bonds. The van der Waals surface area contributed by atoms with Crippen LogP contribution in [0.5, 0.6) is 0 Å². The Hall–Kier alpha value is -1.74. The highest BCUT2D eigenvalue weighted by Gasteiger charge is 2.20. The average molecular weight is 372 g/mol. The largest absolute Gasteiger partial charge is 0.309 e. The lowest BCUT2D eigenvalue weighted by atomic mass is 10.1. The normalized spacial score (nSPS) is 11.8. The van der Waals surface area contributed by atoms with E-state index in [2.05, 4.69) is 10.4 Å². The van der Waals surface area contributed by atoms with Gasteiger partial charge in [0.2, 0.25) is 5.91 Å². The number of carbonyl (C=O) groups is 1.